The number of aromatic nitrogens is 5. The second-order valence-corrected chi connectivity index (χ2v) is 5.98. The highest BCUT2D eigenvalue weighted by molar-refractivity contribution is 5.76. The first-order valence-electron chi connectivity index (χ1n) is 8.37. The lowest BCUT2D eigenvalue weighted by atomic mass is 10.1. The van der Waals surface area contributed by atoms with Gasteiger partial charge in [0.15, 0.2) is 0 Å². The molecule has 7 heteroatoms. The number of hydrogen-bond acceptors (Lipinski definition) is 4. The molecule has 0 spiro atoms. The molecular weight excluding hydrogens is 316 g/mol. The van der Waals surface area contributed by atoms with E-state index in [1.807, 2.05) is 55.1 Å². The third-order valence-corrected chi connectivity index (χ3v) is 4.15. The van der Waals surface area contributed by atoms with Gasteiger partial charge in [0.25, 0.3) is 0 Å². The van der Waals surface area contributed by atoms with Gasteiger partial charge in [0.05, 0.1) is 17.9 Å². The maximum atomic E-state index is 12.2. The van der Waals surface area contributed by atoms with Crippen LogP contribution < -0.4 is 5.32 Å². The fourth-order valence-corrected chi connectivity index (χ4v) is 2.82. The molecule has 1 amide bonds. The van der Waals surface area contributed by atoms with Crippen molar-refractivity contribution in [1.82, 2.24) is 29.9 Å². The van der Waals surface area contributed by atoms with Crippen LogP contribution in [0.15, 0.2) is 49.2 Å². The number of hydrogen-bond donors (Lipinski definition) is 1. The van der Waals surface area contributed by atoms with Gasteiger partial charge in [-0.15, -0.1) is 0 Å². The van der Waals surface area contributed by atoms with Crippen LogP contribution in [0, 0.1) is 6.92 Å². The van der Waals surface area contributed by atoms with Crippen LogP contribution in [0.2, 0.25) is 0 Å². The van der Waals surface area contributed by atoms with Gasteiger partial charge >= 0.3 is 0 Å². The van der Waals surface area contributed by atoms with Crippen molar-refractivity contribution in [2.75, 3.05) is 0 Å². The average molecular weight is 338 g/mol. The van der Waals surface area contributed by atoms with E-state index in [9.17, 15) is 4.79 Å². The largest absolute Gasteiger partial charge is 0.349 e. The number of benzene rings is 1. The summed E-state index contributed by atoms with van der Waals surface area (Å²) >= 11 is 0. The first kappa shape index (κ1) is 16.9. The number of nitrogens with one attached hydrogen (secondary N) is 1. The van der Waals surface area contributed by atoms with Crippen molar-refractivity contribution in [2.24, 2.45) is 0 Å². The molecule has 1 N–H and O–H groups in total. The second-order valence-electron chi connectivity index (χ2n) is 5.98. The molecule has 3 rings (SSSR count). The highest BCUT2D eigenvalue weighted by Crippen LogP contribution is 2.20. The highest BCUT2D eigenvalue weighted by atomic mass is 16.1. The van der Waals surface area contributed by atoms with Gasteiger partial charge in [0.1, 0.15) is 12.7 Å². The summed E-state index contributed by atoms with van der Waals surface area (Å²) in [6.07, 6.45) is 6.15. The molecule has 0 aliphatic heterocycles. The molecule has 0 aliphatic carbocycles. The van der Waals surface area contributed by atoms with Crippen LogP contribution in [0.1, 0.15) is 37.1 Å². The van der Waals surface area contributed by atoms with Crippen LogP contribution in [-0.4, -0.2) is 30.5 Å². The standard InChI is InChI=1S/C18H22N6O/c1-14(22-18(25)9-6-10-23-13-19-12-21-23)17-11-20-24(15(17)2)16-7-4-3-5-8-16/h3-5,7-8,11-14H,6,9-10H2,1-2H3,(H,22,25). The van der Waals surface area contributed by atoms with Crippen molar-refractivity contribution >= 4 is 5.91 Å². The minimum Gasteiger partial charge on any atom is -0.349 e. The minimum absolute atomic E-state index is 0.0273. The average Bonchev–Trinajstić information content (AvgIpc) is 3.25. The van der Waals surface area contributed by atoms with Gasteiger partial charge in [0.2, 0.25) is 5.91 Å². The van der Waals surface area contributed by atoms with E-state index in [0.29, 0.717) is 13.0 Å². The van der Waals surface area contributed by atoms with Crippen LogP contribution in [-0.2, 0) is 11.3 Å². The molecular formula is C18H22N6O. The highest BCUT2D eigenvalue weighted by Gasteiger charge is 2.16. The van der Waals surface area contributed by atoms with Crippen molar-refractivity contribution < 1.29 is 4.79 Å². The molecule has 0 saturated carbocycles. The Bertz CT molecular complexity index is 809. The van der Waals surface area contributed by atoms with Gasteiger partial charge in [-0.1, -0.05) is 18.2 Å². The molecule has 0 bridgehead atoms. The Balaban J connectivity index is 1.57. The first-order chi connectivity index (χ1) is 12.1. The van der Waals surface area contributed by atoms with E-state index >= 15 is 0 Å². The number of aryl methyl sites for hydroxylation is 1. The SMILES string of the molecule is Cc1c(C(C)NC(=O)CCCn2cncn2)cnn1-c1ccccc1. The summed E-state index contributed by atoms with van der Waals surface area (Å²) in [5.41, 5.74) is 3.06. The van der Waals surface area contributed by atoms with Crippen molar-refractivity contribution in [2.45, 2.75) is 39.3 Å². The Labute approximate surface area is 146 Å². The van der Waals surface area contributed by atoms with Gasteiger partial charge in [-0.2, -0.15) is 10.2 Å². The summed E-state index contributed by atoms with van der Waals surface area (Å²) in [6, 6.07) is 9.88. The lowest BCUT2D eigenvalue weighted by Crippen LogP contribution is -2.27. The summed E-state index contributed by atoms with van der Waals surface area (Å²) in [6.45, 7) is 4.68. The Morgan fingerprint density at radius 2 is 2.04 bits per heavy atom. The van der Waals surface area contributed by atoms with Crippen molar-refractivity contribution in [3.05, 3.63) is 60.4 Å². The number of nitrogens with zero attached hydrogens (tertiary/aromatic N) is 5. The summed E-state index contributed by atoms with van der Waals surface area (Å²) in [5.74, 6) is 0.0273. The van der Waals surface area contributed by atoms with Gasteiger partial charge in [-0.05, 0) is 32.4 Å². The molecule has 0 saturated heterocycles. The summed E-state index contributed by atoms with van der Waals surface area (Å²) in [7, 11) is 0. The number of rotatable bonds is 7. The molecule has 0 radical (unpaired) electrons. The molecule has 1 unspecified atom stereocenters. The monoisotopic (exact) mass is 338 g/mol. The lowest BCUT2D eigenvalue weighted by Gasteiger charge is -2.14. The molecule has 25 heavy (non-hydrogen) atoms. The Morgan fingerprint density at radius 1 is 1.24 bits per heavy atom. The van der Waals surface area contributed by atoms with E-state index in [1.54, 1.807) is 11.0 Å². The zero-order valence-corrected chi connectivity index (χ0v) is 14.5. The normalized spacial score (nSPS) is 12.1. The molecule has 1 atom stereocenters. The van der Waals surface area contributed by atoms with Gasteiger partial charge in [0, 0.05) is 24.2 Å². The van der Waals surface area contributed by atoms with Crippen molar-refractivity contribution in [3.63, 3.8) is 0 Å². The fraction of sp³-hybridized carbons (Fsp3) is 0.333. The maximum absolute atomic E-state index is 12.2. The second kappa shape index (κ2) is 7.74. The molecule has 7 nitrogen and oxygen atoms in total. The van der Waals surface area contributed by atoms with Crippen molar-refractivity contribution in [1.29, 1.82) is 0 Å². The van der Waals surface area contributed by atoms with Crippen LogP contribution in [0.5, 0.6) is 0 Å². The van der Waals surface area contributed by atoms with Crippen LogP contribution in [0.4, 0.5) is 0 Å². The van der Waals surface area contributed by atoms with Gasteiger partial charge in [-0.25, -0.2) is 9.67 Å². The number of para-hydroxylation sites is 1. The van der Waals surface area contributed by atoms with Gasteiger partial charge < -0.3 is 5.32 Å². The quantitative estimate of drug-likeness (QED) is 0.718. The van der Waals surface area contributed by atoms with E-state index in [-0.39, 0.29) is 11.9 Å². The molecule has 130 valence electrons. The third-order valence-electron chi connectivity index (χ3n) is 4.15. The topological polar surface area (TPSA) is 77.6 Å². The van der Waals surface area contributed by atoms with E-state index in [4.69, 9.17) is 0 Å². The number of carbonyl (C=O) groups is 1. The molecule has 2 aromatic heterocycles. The molecule has 2 heterocycles. The minimum atomic E-state index is -0.0867. The van der Waals surface area contributed by atoms with Crippen LogP contribution >= 0.6 is 0 Å². The zero-order valence-electron chi connectivity index (χ0n) is 14.5. The molecule has 0 aliphatic rings. The Hall–Kier alpha value is -2.96. The molecule has 0 fully saturated rings. The number of amides is 1. The van der Waals surface area contributed by atoms with E-state index < -0.39 is 0 Å². The van der Waals surface area contributed by atoms with E-state index in [0.717, 1.165) is 23.4 Å². The first-order valence-corrected chi connectivity index (χ1v) is 8.37. The van der Waals surface area contributed by atoms with E-state index in [1.165, 1.54) is 6.33 Å². The summed E-state index contributed by atoms with van der Waals surface area (Å²) in [5, 5.41) is 11.5. The Morgan fingerprint density at radius 3 is 2.76 bits per heavy atom. The van der Waals surface area contributed by atoms with Crippen LogP contribution in [0.25, 0.3) is 5.69 Å². The summed E-state index contributed by atoms with van der Waals surface area (Å²) < 4.78 is 3.62. The van der Waals surface area contributed by atoms with Crippen LogP contribution in [0.3, 0.4) is 0 Å². The molecule has 3 aromatic rings. The fourth-order valence-electron chi connectivity index (χ4n) is 2.82. The zero-order chi connectivity index (χ0) is 17.6. The van der Waals surface area contributed by atoms with E-state index in [2.05, 4.69) is 20.5 Å². The third kappa shape index (κ3) is 4.12. The lowest BCUT2D eigenvalue weighted by molar-refractivity contribution is -0.121. The number of carbonyl (C=O) groups excluding carboxylic acids is 1. The smallest absolute Gasteiger partial charge is 0.220 e. The maximum Gasteiger partial charge on any atom is 0.220 e. The molecule has 1 aromatic carbocycles. The summed E-state index contributed by atoms with van der Waals surface area (Å²) in [4.78, 5) is 16.0. The predicted molar refractivity (Wildman–Crippen MR) is 94.1 cm³/mol. The van der Waals surface area contributed by atoms with Gasteiger partial charge in [-0.3, -0.25) is 9.48 Å². The van der Waals surface area contributed by atoms with Crippen molar-refractivity contribution in [3.8, 4) is 5.69 Å². The Kier molecular flexibility index (Phi) is 5.23. The predicted octanol–water partition coefficient (Wildman–Crippen LogP) is 2.43.